The Bertz CT molecular complexity index is 1430. The zero-order chi connectivity index (χ0) is 32.3. The number of ether oxygens (including phenoxy) is 1. The summed E-state index contributed by atoms with van der Waals surface area (Å²) in [5.74, 6) is 1.33. The van der Waals surface area contributed by atoms with E-state index in [0.717, 1.165) is 30.7 Å². The number of amides is 3. The third-order valence-corrected chi connectivity index (χ3v) is 8.56. The van der Waals surface area contributed by atoms with Gasteiger partial charge in [-0.3, -0.25) is 14.4 Å². The van der Waals surface area contributed by atoms with E-state index in [2.05, 4.69) is 23.4 Å². The van der Waals surface area contributed by atoms with Crippen molar-refractivity contribution in [3.63, 3.8) is 0 Å². The first kappa shape index (κ1) is 34.0. The van der Waals surface area contributed by atoms with E-state index >= 15 is 0 Å². The molecule has 0 aliphatic carbocycles. The number of carbonyl (C=O) groups excluding carboxylic acids is 3. The first-order chi connectivity index (χ1) is 21.7. The number of likely N-dealkylation sites (N-methyl/N-ethyl adjacent to an activating group) is 2. The molecule has 2 heterocycles. The molecule has 0 spiro atoms. The van der Waals surface area contributed by atoms with Gasteiger partial charge in [-0.1, -0.05) is 55.8 Å². The maximum absolute atomic E-state index is 13.9. The summed E-state index contributed by atoms with van der Waals surface area (Å²) < 4.78 is 8.16. The van der Waals surface area contributed by atoms with E-state index < -0.39 is 6.04 Å². The summed E-state index contributed by atoms with van der Waals surface area (Å²) in [5.41, 5.74) is 1.28. The van der Waals surface area contributed by atoms with Gasteiger partial charge in [0.15, 0.2) is 0 Å². The van der Waals surface area contributed by atoms with Crippen molar-refractivity contribution in [1.82, 2.24) is 24.3 Å². The van der Waals surface area contributed by atoms with Crippen molar-refractivity contribution in [2.45, 2.75) is 70.9 Å². The molecule has 0 bridgehead atoms. The van der Waals surface area contributed by atoms with Crippen molar-refractivity contribution in [2.24, 2.45) is 0 Å². The quantitative estimate of drug-likeness (QED) is 0.348. The van der Waals surface area contributed by atoms with Crippen LogP contribution in [0.25, 0.3) is 0 Å². The van der Waals surface area contributed by atoms with Crippen LogP contribution in [0.15, 0.2) is 60.9 Å². The molecule has 45 heavy (non-hydrogen) atoms. The molecular weight excluding hydrogens is 590 g/mol. The highest BCUT2D eigenvalue weighted by molar-refractivity contribution is 6.31. The third-order valence-electron chi connectivity index (χ3n) is 8.33. The molecule has 0 N–H and O–H groups in total. The van der Waals surface area contributed by atoms with Gasteiger partial charge < -0.3 is 24.0 Å². The first-order valence-corrected chi connectivity index (χ1v) is 16.3. The van der Waals surface area contributed by atoms with Crippen molar-refractivity contribution in [3.05, 3.63) is 82.9 Å². The van der Waals surface area contributed by atoms with Gasteiger partial charge in [-0.05, 0) is 49.4 Å². The number of imidazole rings is 1. The molecule has 0 fully saturated rings. The molecule has 1 aromatic heterocycles. The molecule has 0 saturated carbocycles. The number of rotatable bonds is 6. The zero-order valence-electron chi connectivity index (χ0n) is 27.0. The normalized spacial score (nSPS) is 17.6. The number of carbonyl (C=O) groups is 3. The minimum Gasteiger partial charge on any atom is -0.493 e. The first-order valence-electron chi connectivity index (χ1n) is 15.9. The number of nitrogens with zero attached hydrogens (tertiary/aromatic N) is 5. The van der Waals surface area contributed by atoms with E-state index in [4.69, 9.17) is 16.3 Å². The topological polar surface area (TPSA) is 88.0 Å². The van der Waals surface area contributed by atoms with Crippen LogP contribution in [-0.4, -0.2) is 88.4 Å². The fraction of sp³-hybridized carbons (Fsp3) is 0.486. The van der Waals surface area contributed by atoms with E-state index in [1.54, 1.807) is 43.4 Å². The van der Waals surface area contributed by atoms with Crippen molar-refractivity contribution >= 4 is 29.3 Å². The maximum atomic E-state index is 13.9. The smallest absolute Gasteiger partial charge is 0.258 e. The molecule has 3 aromatic rings. The average Bonchev–Trinajstić information content (AvgIpc) is 3.52. The highest BCUT2D eigenvalue weighted by Crippen LogP contribution is 2.26. The second-order valence-corrected chi connectivity index (χ2v) is 12.5. The van der Waals surface area contributed by atoms with Crippen LogP contribution in [0.2, 0.25) is 5.02 Å². The lowest BCUT2D eigenvalue weighted by atomic mass is 10.0. The fourth-order valence-electron chi connectivity index (χ4n) is 5.70. The molecule has 10 heteroatoms. The lowest BCUT2D eigenvalue weighted by Crippen LogP contribution is -2.49. The van der Waals surface area contributed by atoms with E-state index in [9.17, 15) is 14.4 Å². The van der Waals surface area contributed by atoms with Crippen molar-refractivity contribution in [2.75, 3.05) is 40.3 Å². The van der Waals surface area contributed by atoms with Gasteiger partial charge >= 0.3 is 0 Å². The van der Waals surface area contributed by atoms with Crippen LogP contribution in [0.4, 0.5) is 0 Å². The number of hydrogen-bond donors (Lipinski definition) is 0. The molecule has 1 aliphatic heterocycles. The lowest BCUT2D eigenvalue weighted by Gasteiger charge is -2.31. The second-order valence-electron chi connectivity index (χ2n) is 12.0. The lowest BCUT2D eigenvalue weighted by molar-refractivity contribution is -0.135. The minimum absolute atomic E-state index is 0.108. The van der Waals surface area contributed by atoms with Crippen LogP contribution < -0.4 is 4.74 Å². The number of fused-ring (bicyclic) bond motifs is 1. The van der Waals surface area contributed by atoms with Gasteiger partial charge in [-0.2, -0.15) is 0 Å². The van der Waals surface area contributed by atoms with Crippen LogP contribution in [-0.2, 0) is 22.6 Å². The highest BCUT2D eigenvalue weighted by Gasteiger charge is 2.31. The Hall–Kier alpha value is -3.85. The summed E-state index contributed by atoms with van der Waals surface area (Å²) in [5, 5.41) is 0.415. The van der Waals surface area contributed by atoms with Crippen LogP contribution in [0.3, 0.4) is 0 Å². The fourth-order valence-corrected chi connectivity index (χ4v) is 5.88. The molecule has 3 amide bonds. The Morgan fingerprint density at radius 3 is 2.44 bits per heavy atom. The molecule has 242 valence electrons. The van der Waals surface area contributed by atoms with Gasteiger partial charge in [0.1, 0.15) is 17.6 Å². The Morgan fingerprint density at radius 2 is 1.71 bits per heavy atom. The van der Waals surface area contributed by atoms with E-state index in [1.165, 1.54) is 4.90 Å². The van der Waals surface area contributed by atoms with Gasteiger partial charge in [0.05, 0.1) is 12.2 Å². The van der Waals surface area contributed by atoms with Crippen molar-refractivity contribution in [1.29, 1.82) is 0 Å². The Balaban J connectivity index is 1.53. The Kier molecular flexibility index (Phi) is 12.4. The number of benzene rings is 2. The summed E-state index contributed by atoms with van der Waals surface area (Å²) in [6, 6.07) is 14.0. The Morgan fingerprint density at radius 1 is 1.00 bits per heavy atom. The summed E-state index contributed by atoms with van der Waals surface area (Å²) in [7, 11) is 3.44. The molecule has 1 atom stereocenters. The molecular formula is C35H46ClN5O4. The van der Waals surface area contributed by atoms with Crippen LogP contribution >= 0.6 is 11.6 Å². The van der Waals surface area contributed by atoms with Gasteiger partial charge in [0, 0.05) is 76.5 Å². The maximum Gasteiger partial charge on any atom is 0.258 e. The molecule has 0 saturated heterocycles. The van der Waals surface area contributed by atoms with Gasteiger partial charge in [-0.15, -0.1) is 0 Å². The van der Waals surface area contributed by atoms with Crippen LogP contribution in [0.1, 0.15) is 73.6 Å². The number of aromatic nitrogens is 2. The molecule has 0 radical (unpaired) electrons. The average molecular weight is 636 g/mol. The zero-order valence-corrected chi connectivity index (χ0v) is 27.7. The molecule has 1 aliphatic rings. The van der Waals surface area contributed by atoms with E-state index in [1.807, 2.05) is 41.4 Å². The molecule has 0 unspecified atom stereocenters. The summed E-state index contributed by atoms with van der Waals surface area (Å²) in [4.78, 5) is 50.8. The number of aryl methyl sites for hydroxylation is 1. The third kappa shape index (κ3) is 9.33. The van der Waals surface area contributed by atoms with Gasteiger partial charge in [0.25, 0.3) is 5.91 Å². The van der Waals surface area contributed by atoms with Crippen LogP contribution in [0, 0.1) is 0 Å². The highest BCUT2D eigenvalue weighted by atomic mass is 35.5. The van der Waals surface area contributed by atoms with Crippen molar-refractivity contribution < 1.29 is 19.1 Å². The summed E-state index contributed by atoms with van der Waals surface area (Å²) in [6.45, 7) is 6.93. The molecule has 9 nitrogen and oxygen atoms in total. The predicted molar refractivity (Wildman–Crippen MR) is 177 cm³/mol. The molecule has 4 rings (SSSR count). The predicted octanol–water partition coefficient (Wildman–Crippen LogP) is 5.67. The second kappa shape index (κ2) is 16.5. The van der Waals surface area contributed by atoms with Gasteiger partial charge in [-0.25, -0.2) is 4.98 Å². The SMILES string of the molecule is CC(C)c1nccn1CCC(=O)N1CCCCOc2ccc(Cl)cc2C(=O)N(C)[C@@H](Cc2ccccc2)C(=O)N(C)CCCC1. The van der Waals surface area contributed by atoms with E-state index in [-0.39, 0.29) is 23.6 Å². The largest absolute Gasteiger partial charge is 0.493 e. The molecule has 2 aromatic carbocycles. The standard InChI is InChI=1S/C35H46ClN5O4/c1-26(2)33-37-17-22-41(33)21-16-32(42)40-19-9-8-18-38(3)35(44)30(24-27-12-6-5-7-13-27)39(4)34(43)29-25-28(36)14-15-31(29)45-23-11-10-20-40/h5-7,12-15,17,22,25-26,30H,8-11,16,18-21,23-24H2,1-4H3/t30-/m0/s1. The number of halogens is 1. The number of hydrogen-bond acceptors (Lipinski definition) is 5. The minimum atomic E-state index is -0.718. The van der Waals surface area contributed by atoms with E-state index in [0.29, 0.717) is 68.4 Å². The Labute approximate surface area is 272 Å². The van der Waals surface area contributed by atoms with Crippen LogP contribution in [0.5, 0.6) is 5.75 Å². The summed E-state index contributed by atoms with van der Waals surface area (Å²) >= 11 is 6.32. The van der Waals surface area contributed by atoms with Gasteiger partial charge in [0.2, 0.25) is 11.8 Å². The monoisotopic (exact) mass is 635 g/mol. The summed E-state index contributed by atoms with van der Waals surface area (Å²) in [6.07, 6.45) is 7.48. The van der Waals surface area contributed by atoms with Crippen molar-refractivity contribution in [3.8, 4) is 5.75 Å².